The first-order chi connectivity index (χ1) is 9.10. The van der Waals surface area contributed by atoms with Crippen molar-refractivity contribution in [2.45, 2.75) is 13.5 Å². The number of rotatable bonds is 4. The summed E-state index contributed by atoms with van der Waals surface area (Å²) in [7, 11) is 0. The zero-order valence-electron chi connectivity index (χ0n) is 9.82. The predicted molar refractivity (Wildman–Crippen MR) is 62.0 cm³/mol. The van der Waals surface area contributed by atoms with Gasteiger partial charge in [0.25, 0.3) is 0 Å². The van der Waals surface area contributed by atoms with Gasteiger partial charge in [-0.3, -0.25) is 10.1 Å². The Hall–Kier alpha value is -3.02. The standard InChI is InChI=1S/C10H8N6O3/c1-6-13-10(19-15-6)5-12-9-3-2-8(16(17)18)7(4-11)14-9/h2-3H,5H2,1H3,(H,12,14). The highest BCUT2D eigenvalue weighted by Gasteiger charge is 2.15. The summed E-state index contributed by atoms with van der Waals surface area (Å²) in [6.45, 7) is 1.90. The topological polar surface area (TPSA) is 131 Å². The van der Waals surface area contributed by atoms with Crippen molar-refractivity contribution in [3.05, 3.63) is 39.7 Å². The van der Waals surface area contributed by atoms with E-state index >= 15 is 0 Å². The van der Waals surface area contributed by atoms with Crippen LogP contribution >= 0.6 is 0 Å². The number of nitro groups is 1. The molecule has 96 valence electrons. The van der Waals surface area contributed by atoms with Crippen molar-refractivity contribution in [1.82, 2.24) is 15.1 Å². The van der Waals surface area contributed by atoms with E-state index in [1.54, 1.807) is 13.0 Å². The monoisotopic (exact) mass is 260 g/mol. The third-order valence-electron chi connectivity index (χ3n) is 2.17. The van der Waals surface area contributed by atoms with E-state index < -0.39 is 4.92 Å². The fraction of sp³-hybridized carbons (Fsp3) is 0.200. The normalized spacial score (nSPS) is 9.89. The molecule has 0 amide bonds. The quantitative estimate of drug-likeness (QED) is 0.639. The molecule has 9 heteroatoms. The van der Waals surface area contributed by atoms with E-state index in [9.17, 15) is 10.1 Å². The van der Waals surface area contributed by atoms with Gasteiger partial charge in [-0.25, -0.2) is 4.98 Å². The summed E-state index contributed by atoms with van der Waals surface area (Å²) in [6.07, 6.45) is 0. The Bertz CT molecular complexity index is 660. The Balaban J connectivity index is 2.14. The van der Waals surface area contributed by atoms with E-state index in [2.05, 4.69) is 20.4 Å². The van der Waals surface area contributed by atoms with Crippen LogP contribution in [0.15, 0.2) is 16.7 Å². The molecule has 0 aromatic carbocycles. The number of nitrogens with one attached hydrogen (secondary N) is 1. The average Bonchev–Trinajstić information content (AvgIpc) is 2.81. The Morgan fingerprint density at radius 3 is 2.89 bits per heavy atom. The van der Waals surface area contributed by atoms with Gasteiger partial charge in [0.2, 0.25) is 11.6 Å². The number of nitrogens with zero attached hydrogens (tertiary/aromatic N) is 5. The van der Waals surface area contributed by atoms with Crippen LogP contribution in [0.4, 0.5) is 11.5 Å². The molecule has 2 rings (SSSR count). The molecule has 2 heterocycles. The molecule has 0 aliphatic heterocycles. The third kappa shape index (κ3) is 2.81. The van der Waals surface area contributed by atoms with Crippen molar-refractivity contribution in [1.29, 1.82) is 5.26 Å². The highest BCUT2D eigenvalue weighted by Crippen LogP contribution is 2.18. The molecule has 0 fully saturated rings. The molecular formula is C10H8N6O3. The second-order valence-electron chi connectivity index (χ2n) is 3.52. The number of nitriles is 1. The molecule has 0 bridgehead atoms. The molecular weight excluding hydrogens is 252 g/mol. The van der Waals surface area contributed by atoms with Gasteiger partial charge >= 0.3 is 5.69 Å². The van der Waals surface area contributed by atoms with Crippen molar-refractivity contribution in [2.75, 3.05) is 5.32 Å². The van der Waals surface area contributed by atoms with Gasteiger partial charge in [-0.05, 0) is 13.0 Å². The van der Waals surface area contributed by atoms with Crippen LogP contribution in [0.25, 0.3) is 0 Å². The van der Waals surface area contributed by atoms with Gasteiger partial charge in [0, 0.05) is 6.07 Å². The minimum atomic E-state index is -0.656. The molecule has 2 aromatic heterocycles. The fourth-order valence-electron chi connectivity index (χ4n) is 1.36. The fourth-order valence-corrected chi connectivity index (χ4v) is 1.36. The number of aryl methyl sites for hydroxylation is 1. The summed E-state index contributed by atoms with van der Waals surface area (Å²) in [6, 6.07) is 4.30. The van der Waals surface area contributed by atoms with Crippen molar-refractivity contribution in [3.63, 3.8) is 0 Å². The number of pyridine rings is 1. The van der Waals surface area contributed by atoms with Gasteiger partial charge in [0.15, 0.2) is 5.82 Å². The van der Waals surface area contributed by atoms with Crippen LogP contribution < -0.4 is 5.32 Å². The Morgan fingerprint density at radius 1 is 1.53 bits per heavy atom. The Labute approximate surface area is 107 Å². The van der Waals surface area contributed by atoms with Gasteiger partial charge in [-0.1, -0.05) is 5.16 Å². The SMILES string of the molecule is Cc1noc(CNc2ccc([N+](=O)[O-])c(C#N)n2)n1. The first-order valence-corrected chi connectivity index (χ1v) is 5.18. The molecule has 0 radical (unpaired) electrons. The van der Waals surface area contributed by atoms with Gasteiger partial charge in [0.05, 0.1) is 11.5 Å². The maximum absolute atomic E-state index is 10.6. The summed E-state index contributed by atoms with van der Waals surface area (Å²) in [4.78, 5) is 17.8. The summed E-state index contributed by atoms with van der Waals surface area (Å²) in [5, 5.41) is 25.9. The van der Waals surface area contributed by atoms with Crippen molar-refractivity contribution in [2.24, 2.45) is 0 Å². The van der Waals surface area contributed by atoms with Crippen LogP contribution in [0.5, 0.6) is 0 Å². The molecule has 0 aliphatic carbocycles. The lowest BCUT2D eigenvalue weighted by atomic mass is 10.3. The molecule has 0 aliphatic rings. The third-order valence-corrected chi connectivity index (χ3v) is 2.17. The van der Waals surface area contributed by atoms with Gasteiger partial charge < -0.3 is 9.84 Å². The summed E-state index contributed by atoms with van der Waals surface area (Å²) in [5.41, 5.74) is -0.585. The van der Waals surface area contributed by atoms with Crippen molar-refractivity contribution in [3.8, 4) is 6.07 Å². The predicted octanol–water partition coefficient (Wildman–Crippen LogP) is 1.16. The molecule has 0 atom stereocenters. The maximum Gasteiger partial charge on any atom is 0.305 e. The minimum Gasteiger partial charge on any atom is -0.361 e. The largest absolute Gasteiger partial charge is 0.361 e. The van der Waals surface area contributed by atoms with E-state index in [1.165, 1.54) is 12.1 Å². The van der Waals surface area contributed by atoms with E-state index in [1.807, 2.05) is 0 Å². The average molecular weight is 260 g/mol. The molecule has 1 N–H and O–H groups in total. The Kier molecular flexibility index (Phi) is 3.33. The van der Waals surface area contributed by atoms with Crippen molar-refractivity contribution < 1.29 is 9.45 Å². The summed E-state index contributed by atoms with van der Waals surface area (Å²) >= 11 is 0. The number of hydrogen-bond donors (Lipinski definition) is 1. The highest BCUT2D eigenvalue weighted by molar-refractivity contribution is 5.50. The molecule has 0 saturated carbocycles. The van der Waals surface area contributed by atoms with Crippen LogP contribution in [-0.4, -0.2) is 20.0 Å². The molecule has 2 aromatic rings. The second-order valence-corrected chi connectivity index (χ2v) is 3.52. The number of aromatic nitrogens is 3. The van der Waals surface area contributed by atoms with E-state index in [4.69, 9.17) is 9.78 Å². The molecule has 0 saturated heterocycles. The maximum atomic E-state index is 10.6. The first-order valence-electron chi connectivity index (χ1n) is 5.18. The number of anilines is 1. The van der Waals surface area contributed by atoms with E-state index in [0.717, 1.165) is 0 Å². The minimum absolute atomic E-state index is 0.219. The first kappa shape index (κ1) is 12.4. The second kappa shape index (κ2) is 5.09. The van der Waals surface area contributed by atoms with E-state index in [0.29, 0.717) is 17.5 Å². The van der Waals surface area contributed by atoms with Crippen LogP contribution in [0.2, 0.25) is 0 Å². The number of hydrogen-bond acceptors (Lipinski definition) is 8. The van der Waals surface area contributed by atoms with Gasteiger partial charge in [-0.15, -0.1) is 0 Å². The van der Waals surface area contributed by atoms with E-state index in [-0.39, 0.29) is 17.9 Å². The highest BCUT2D eigenvalue weighted by atomic mass is 16.6. The lowest BCUT2D eigenvalue weighted by Crippen LogP contribution is -2.04. The molecule has 9 nitrogen and oxygen atoms in total. The molecule has 0 unspecified atom stereocenters. The molecule has 0 spiro atoms. The van der Waals surface area contributed by atoms with Crippen LogP contribution in [-0.2, 0) is 6.54 Å². The van der Waals surface area contributed by atoms with Crippen LogP contribution in [0.1, 0.15) is 17.4 Å². The lowest BCUT2D eigenvalue weighted by molar-refractivity contribution is -0.385. The zero-order valence-corrected chi connectivity index (χ0v) is 9.82. The zero-order chi connectivity index (χ0) is 13.8. The summed E-state index contributed by atoms with van der Waals surface area (Å²) in [5.74, 6) is 1.18. The lowest BCUT2D eigenvalue weighted by Gasteiger charge is -2.02. The molecule has 19 heavy (non-hydrogen) atoms. The van der Waals surface area contributed by atoms with Gasteiger partial charge in [-0.2, -0.15) is 10.2 Å². The van der Waals surface area contributed by atoms with Gasteiger partial charge in [0.1, 0.15) is 11.9 Å². The smallest absolute Gasteiger partial charge is 0.305 e. The Morgan fingerprint density at radius 2 is 2.32 bits per heavy atom. The van der Waals surface area contributed by atoms with Crippen molar-refractivity contribution >= 4 is 11.5 Å². The summed E-state index contributed by atoms with van der Waals surface area (Å²) < 4.78 is 4.88. The van der Waals surface area contributed by atoms with Crippen LogP contribution in [0, 0.1) is 28.4 Å². The van der Waals surface area contributed by atoms with Crippen LogP contribution in [0.3, 0.4) is 0 Å².